The van der Waals surface area contributed by atoms with Crippen LogP contribution in [0.4, 0.5) is 0 Å². The van der Waals surface area contributed by atoms with E-state index in [-0.39, 0.29) is 11.5 Å². The van der Waals surface area contributed by atoms with Crippen LogP contribution in [-0.2, 0) is 9.84 Å². The summed E-state index contributed by atoms with van der Waals surface area (Å²) in [5, 5.41) is 13.8. The first kappa shape index (κ1) is 14.0. The van der Waals surface area contributed by atoms with Gasteiger partial charge in [0.1, 0.15) is 0 Å². The molecule has 0 spiro atoms. The lowest BCUT2D eigenvalue weighted by Crippen LogP contribution is -2.49. The van der Waals surface area contributed by atoms with Gasteiger partial charge in [0.2, 0.25) is 0 Å². The van der Waals surface area contributed by atoms with Gasteiger partial charge < -0.3 is 10.4 Å². The quantitative estimate of drug-likeness (QED) is 0.753. The van der Waals surface area contributed by atoms with E-state index in [1.807, 2.05) is 0 Å². The summed E-state index contributed by atoms with van der Waals surface area (Å²) in [6.07, 6.45) is 9.54. The molecule has 1 heterocycles. The van der Waals surface area contributed by atoms with Gasteiger partial charge in [-0.3, -0.25) is 0 Å². The van der Waals surface area contributed by atoms with Crippen LogP contribution in [0.25, 0.3) is 0 Å². The van der Waals surface area contributed by atoms with E-state index in [2.05, 4.69) is 17.5 Å². The zero-order chi connectivity index (χ0) is 13.1. The second kappa shape index (κ2) is 5.72. The summed E-state index contributed by atoms with van der Waals surface area (Å²) >= 11 is 0. The largest absolute Gasteiger partial charge is 0.388 e. The van der Waals surface area contributed by atoms with Crippen molar-refractivity contribution >= 4 is 9.84 Å². The van der Waals surface area contributed by atoms with Gasteiger partial charge in [0.15, 0.2) is 9.84 Å². The Morgan fingerprint density at radius 2 is 1.72 bits per heavy atom. The second-order valence-electron chi connectivity index (χ2n) is 5.58. The predicted octanol–water partition coefficient (Wildman–Crippen LogP) is 1.01. The minimum atomic E-state index is -2.90. The molecule has 0 unspecified atom stereocenters. The summed E-state index contributed by atoms with van der Waals surface area (Å²) in [6.45, 7) is 0.521. The Morgan fingerprint density at radius 1 is 1.17 bits per heavy atom. The summed E-state index contributed by atoms with van der Waals surface area (Å²) < 4.78 is 22.7. The van der Waals surface area contributed by atoms with Crippen LogP contribution >= 0.6 is 0 Å². The molecule has 0 atom stereocenters. The highest BCUT2D eigenvalue weighted by Gasteiger charge is 2.35. The number of hydrogen-bond donors (Lipinski definition) is 2. The van der Waals surface area contributed by atoms with Crippen molar-refractivity contribution in [2.75, 3.05) is 18.1 Å². The average molecular weight is 273 g/mol. The van der Waals surface area contributed by atoms with Crippen molar-refractivity contribution in [1.29, 1.82) is 0 Å². The first-order valence-electron chi connectivity index (χ1n) is 6.80. The van der Waals surface area contributed by atoms with Gasteiger partial charge in [-0.1, -0.05) is 12.2 Å². The van der Waals surface area contributed by atoms with Gasteiger partial charge in [0, 0.05) is 12.6 Å². The molecule has 2 rings (SSSR count). The van der Waals surface area contributed by atoms with E-state index in [0.717, 1.165) is 25.7 Å². The first-order chi connectivity index (χ1) is 8.49. The fourth-order valence-corrected chi connectivity index (χ4v) is 4.19. The summed E-state index contributed by atoms with van der Waals surface area (Å²) in [6, 6.07) is 0.447. The van der Waals surface area contributed by atoms with E-state index in [1.54, 1.807) is 0 Å². The number of sulfone groups is 1. The minimum absolute atomic E-state index is 0.122. The molecule has 0 radical (unpaired) electrons. The van der Waals surface area contributed by atoms with Crippen LogP contribution < -0.4 is 5.32 Å². The Bertz CT molecular complexity index is 378. The molecular weight excluding hydrogens is 250 g/mol. The lowest BCUT2D eigenvalue weighted by molar-refractivity contribution is 0.0275. The van der Waals surface area contributed by atoms with Gasteiger partial charge in [0.25, 0.3) is 0 Å². The van der Waals surface area contributed by atoms with E-state index in [0.29, 0.717) is 25.4 Å². The number of hydrogen-bond acceptors (Lipinski definition) is 4. The van der Waals surface area contributed by atoms with Crippen molar-refractivity contribution in [2.45, 2.75) is 50.2 Å². The SMILES string of the molecule is O=S1(=O)CCC(O)(CNC2CCC=CCC2)CC1. The topological polar surface area (TPSA) is 66.4 Å². The molecule has 0 bridgehead atoms. The fraction of sp³-hybridized carbons (Fsp3) is 0.846. The third-order valence-electron chi connectivity index (χ3n) is 4.01. The Labute approximate surface area is 109 Å². The molecule has 2 N–H and O–H groups in total. The molecule has 1 aliphatic heterocycles. The van der Waals surface area contributed by atoms with Gasteiger partial charge in [-0.05, 0) is 38.5 Å². The van der Waals surface area contributed by atoms with Crippen LogP contribution in [0.2, 0.25) is 0 Å². The molecule has 4 nitrogen and oxygen atoms in total. The zero-order valence-corrected chi connectivity index (χ0v) is 11.6. The number of aliphatic hydroxyl groups is 1. The lowest BCUT2D eigenvalue weighted by Gasteiger charge is -2.33. The number of rotatable bonds is 3. The monoisotopic (exact) mass is 273 g/mol. The molecule has 1 saturated heterocycles. The molecule has 0 saturated carbocycles. The molecule has 0 amide bonds. The summed E-state index contributed by atoms with van der Waals surface area (Å²) in [5.74, 6) is 0.245. The van der Waals surface area contributed by atoms with Crippen molar-refractivity contribution in [3.63, 3.8) is 0 Å². The second-order valence-corrected chi connectivity index (χ2v) is 7.88. The van der Waals surface area contributed by atoms with Crippen LogP contribution in [0, 0.1) is 0 Å². The van der Waals surface area contributed by atoms with Gasteiger partial charge in [-0.25, -0.2) is 8.42 Å². The van der Waals surface area contributed by atoms with Crippen molar-refractivity contribution < 1.29 is 13.5 Å². The van der Waals surface area contributed by atoms with Crippen molar-refractivity contribution in [3.8, 4) is 0 Å². The van der Waals surface area contributed by atoms with Gasteiger partial charge in [-0.15, -0.1) is 0 Å². The predicted molar refractivity (Wildman–Crippen MR) is 72.2 cm³/mol. The highest BCUT2D eigenvalue weighted by molar-refractivity contribution is 7.91. The van der Waals surface area contributed by atoms with Crippen molar-refractivity contribution in [2.24, 2.45) is 0 Å². The average Bonchev–Trinajstić information content (AvgIpc) is 2.60. The maximum atomic E-state index is 11.3. The highest BCUT2D eigenvalue weighted by atomic mass is 32.2. The Kier molecular flexibility index (Phi) is 4.45. The van der Waals surface area contributed by atoms with Gasteiger partial charge >= 0.3 is 0 Å². The molecule has 104 valence electrons. The normalized spacial score (nSPS) is 27.8. The molecule has 0 aromatic carbocycles. The molecule has 1 fully saturated rings. The van der Waals surface area contributed by atoms with E-state index >= 15 is 0 Å². The Balaban J connectivity index is 1.79. The third-order valence-corrected chi connectivity index (χ3v) is 5.66. The van der Waals surface area contributed by atoms with Crippen molar-refractivity contribution in [3.05, 3.63) is 12.2 Å². The molecule has 5 heteroatoms. The standard InChI is InChI=1S/C13H23NO3S/c15-13(7-9-18(16,17)10-8-13)11-14-12-5-3-1-2-4-6-12/h1-2,12,14-15H,3-11H2. The van der Waals surface area contributed by atoms with Crippen LogP contribution in [0.1, 0.15) is 38.5 Å². The van der Waals surface area contributed by atoms with Gasteiger partial charge in [0.05, 0.1) is 17.1 Å². The first-order valence-corrected chi connectivity index (χ1v) is 8.62. The van der Waals surface area contributed by atoms with Crippen LogP contribution in [0.15, 0.2) is 12.2 Å². The summed E-state index contributed by atoms with van der Waals surface area (Å²) in [4.78, 5) is 0. The molecule has 0 aromatic rings. The summed E-state index contributed by atoms with van der Waals surface area (Å²) in [5.41, 5.74) is -0.828. The van der Waals surface area contributed by atoms with Crippen LogP contribution in [0.5, 0.6) is 0 Å². The Hall–Kier alpha value is -0.390. The van der Waals surface area contributed by atoms with Crippen LogP contribution in [-0.4, -0.2) is 43.2 Å². The minimum Gasteiger partial charge on any atom is -0.388 e. The van der Waals surface area contributed by atoms with E-state index in [1.165, 1.54) is 0 Å². The Morgan fingerprint density at radius 3 is 2.28 bits per heavy atom. The molecule has 0 aromatic heterocycles. The van der Waals surface area contributed by atoms with Gasteiger partial charge in [-0.2, -0.15) is 0 Å². The van der Waals surface area contributed by atoms with E-state index in [4.69, 9.17) is 0 Å². The van der Waals surface area contributed by atoms with Crippen molar-refractivity contribution in [1.82, 2.24) is 5.32 Å². The zero-order valence-electron chi connectivity index (χ0n) is 10.8. The smallest absolute Gasteiger partial charge is 0.150 e. The highest BCUT2D eigenvalue weighted by Crippen LogP contribution is 2.23. The molecule has 18 heavy (non-hydrogen) atoms. The molecule has 1 aliphatic carbocycles. The number of nitrogens with one attached hydrogen (secondary N) is 1. The van der Waals surface area contributed by atoms with E-state index < -0.39 is 15.4 Å². The maximum Gasteiger partial charge on any atom is 0.150 e. The molecule has 2 aliphatic rings. The lowest BCUT2D eigenvalue weighted by atomic mass is 9.96. The number of allylic oxidation sites excluding steroid dienone is 2. The maximum absolute atomic E-state index is 11.3. The third kappa shape index (κ3) is 4.07. The molecular formula is C13H23NO3S. The summed E-state index contributed by atoms with van der Waals surface area (Å²) in [7, 11) is -2.90. The fourth-order valence-electron chi connectivity index (χ4n) is 2.61. The van der Waals surface area contributed by atoms with E-state index in [9.17, 15) is 13.5 Å². The van der Waals surface area contributed by atoms with Crippen LogP contribution in [0.3, 0.4) is 0 Å².